The van der Waals surface area contributed by atoms with Crippen LogP contribution in [0.4, 0.5) is 4.79 Å². The van der Waals surface area contributed by atoms with E-state index in [1.807, 2.05) is 34.5 Å². The summed E-state index contributed by atoms with van der Waals surface area (Å²) in [6.07, 6.45) is 9.51. The third-order valence-corrected chi connectivity index (χ3v) is 5.24. The molecule has 0 radical (unpaired) electrons. The number of likely N-dealkylation sites (tertiary alicyclic amines) is 1. The smallest absolute Gasteiger partial charge is 0.320 e. The number of aromatic nitrogens is 3. The second kappa shape index (κ2) is 7.86. The van der Waals surface area contributed by atoms with E-state index in [9.17, 15) is 4.79 Å². The lowest BCUT2D eigenvalue weighted by Crippen LogP contribution is -2.50. The first-order valence-electron chi connectivity index (χ1n) is 9.33. The van der Waals surface area contributed by atoms with Gasteiger partial charge in [-0.2, -0.15) is 0 Å². The Morgan fingerprint density at radius 1 is 1.12 bits per heavy atom. The number of hydrogen-bond donors (Lipinski definition) is 0. The van der Waals surface area contributed by atoms with Gasteiger partial charge in [0.25, 0.3) is 0 Å². The predicted molar refractivity (Wildman–Crippen MR) is 96.9 cm³/mol. The molecule has 2 aromatic heterocycles. The number of imidazole rings is 1. The van der Waals surface area contributed by atoms with E-state index in [-0.39, 0.29) is 6.03 Å². The van der Waals surface area contributed by atoms with Crippen LogP contribution >= 0.6 is 0 Å². The second-order valence-corrected chi connectivity index (χ2v) is 6.92. The molecule has 0 N–H and O–H groups in total. The maximum atomic E-state index is 12.6. The Balaban J connectivity index is 1.36. The molecule has 138 valence electrons. The molecule has 7 heteroatoms. The van der Waals surface area contributed by atoms with Gasteiger partial charge in [-0.25, -0.2) is 9.78 Å². The van der Waals surface area contributed by atoms with Gasteiger partial charge in [0.1, 0.15) is 5.82 Å². The van der Waals surface area contributed by atoms with Crippen LogP contribution in [-0.4, -0.2) is 69.8 Å². The quantitative estimate of drug-likeness (QED) is 0.844. The molecule has 4 heterocycles. The number of amides is 2. The summed E-state index contributed by atoms with van der Waals surface area (Å²) >= 11 is 0. The topological polar surface area (TPSA) is 63.5 Å². The van der Waals surface area contributed by atoms with Crippen LogP contribution in [0.1, 0.15) is 30.1 Å². The van der Waals surface area contributed by atoms with Gasteiger partial charge in [0.05, 0.1) is 19.8 Å². The summed E-state index contributed by atoms with van der Waals surface area (Å²) in [5.41, 5.74) is 1.17. The zero-order valence-electron chi connectivity index (χ0n) is 15.0. The van der Waals surface area contributed by atoms with Gasteiger partial charge in [0.15, 0.2) is 0 Å². The van der Waals surface area contributed by atoms with Crippen LogP contribution in [0.3, 0.4) is 0 Å². The molecule has 0 unspecified atom stereocenters. The molecule has 0 bridgehead atoms. The zero-order valence-corrected chi connectivity index (χ0v) is 15.0. The molecule has 0 saturated carbocycles. The van der Waals surface area contributed by atoms with Crippen molar-refractivity contribution in [3.05, 3.63) is 48.3 Å². The standard InChI is InChI=1S/C19H25N5O2/c25-19(23-10-12-26-13-11-23)22-7-3-17(4-8-22)18-21-6-9-24(18)15-16-2-1-5-20-14-16/h1-2,5-6,9,14,17H,3-4,7-8,10-13,15H2. The fraction of sp³-hybridized carbons (Fsp3) is 0.526. The molecule has 2 fully saturated rings. The lowest BCUT2D eigenvalue weighted by molar-refractivity contribution is 0.0410. The van der Waals surface area contributed by atoms with E-state index in [0.29, 0.717) is 32.2 Å². The van der Waals surface area contributed by atoms with Gasteiger partial charge in [0, 0.05) is 56.9 Å². The van der Waals surface area contributed by atoms with Gasteiger partial charge in [-0.1, -0.05) is 6.07 Å². The van der Waals surface area contributed by atoms with Crippen molar-refractivity contribution in [2.75, 3.05) is 39.4 Å². The van der Waals surface area contributed by atoms with E-state index in [4.69, 9.17) is 4.74 Å². The van der Waals surface area contributed by atoms with Crippen molar-refractivity contribution in [3.8, 4) is 0 Å². The van der Waals surface area contributed by atoms with Gasteiger partial charge in [-0.3, -0.25) is 4.98 Å². The first-order chi connectivity index (χ1) is 12.8. The molecule has 2 amide bonds. The van der Waals surface area contributed by atoms with Gasteiger partial charge < -0.3 is 19.1 Å². The Hall–Kier alpha value is -2.41. The average molecular weight is 355 g/mol. The third-order valence-electron chi connectivity index (χ3n) is 5.24. The molecule has 2 aromatic rings. The minimum atomic E-state index is 0.158. The fourth-order valence-corrected chi connectivity index (χ4v) is 3.79. The minimum absolute atomic E-state index is 0.158. The van der Waals surface area contributed by atoms with Crippen LogP contribution in [-0.2, 0) is 11.3 Å². The molecule has 2 aliphatic heterocycles. The summed E-state index contributed by atoms with van der Waals surface area (Å²) in [5.74, 6) is 1.52. The Kier molecular flexibility index (Phi) is 5.15. The highest BCUT2D eigenvalue weighted by molar-refractivity contribution is 5.74. The van der Waals surface area contributed by atoms with Crippen molar-refractivity contribution in [1.82, 2.24) is 24.3 Å². The van der Waals surface area contributed by atoms with Crippen LogP contribution < -0.4 is 0 Å². The molecular formula is C19H25N5O2. The first kappa shape index (κ1) is 17.0. The number of rotatable bonds is 3. The van der Waals surface area contributed by atoms with Crippen molar-refractivity contribution in [2.24, 2.45) is 0 Å². The van der Waals surface area contributed by atoms with Crippen molar-refractivity contribution < 1.29 is 9.53 Å². The number of ether oxygens (including phenoxy) is 1. The van der Waals surface area contributed by atoms with E-state index >= 15 is 0 Å². The maximum absolute atomic E-state index is 12.6. The highest BCUT2D eigenvalue weighted by Crippen LogP contribution is 2.28. The van der Waals surface area contributed by atoms with Crippen LogP contribution in [0.15, 0.2) is 36.9 Å². The van der Waals surface area contributed by atoms with E-state index < -0.39 is 0 Å². The van der Waals surface area contributed by atoms with E-state index in [1.54, 1.807) is 6.20 Å². The number of hydrogen-bond acceptors (Lipinski definition) is 4. The lowest BCUT2D eigenvalue weighted by atomic mass is 9.96. The first-order valence-corrected chi connectivity index (χ1v) is 9.33. The predicted octanol–water partition coefficient (Wildman–Crippen LogP) is 1.96. The second-order valence-electron chi connectivity index (χ2n) is 6.92. The lowest BCUT2D eigenvalue weighted by Gasteiger charge is -2.37. The number of morpholine rings is 1. The summed E-state index contributed by atoms with van der Waals surface area (Å²) in [5, 5.41) is 0. The van der Waals surface area contributed by atoms with Crippen molar-refractivity contribution in [3.63, 3.8) is 0 Å². The summed E-state index contributed by atoms with van der Waals surface area (Å²) in [4.78, 5) is 25.3. The highest BCUT2D eigenvalue weighted by Gasteiger charge is 2.29. The Bertz CT molecular complexity index is 719. The van der Waals surface area contributed by atoms with Crippen LogP contribution in [0.2, 0.25) is 0 Å². The number of piperidine rings is 1. The number of urea groups is 1. The Morgan fingerprint density at radius 3 is 2.62 bits per heavy atom. The molecule has 0 atom stereocenters. The molecule has 7 nitrogen and oxygen atoms in total. The Morgan fingerprint density at radius 2 is 1.88 bits per heavy atom. The largest absolute Gasteiger partial charge is 0.378 e. The molecule has 0 spiro atoms. The maximum Gasteiger partial charge on any atom is 0.320 e. The summed E-state index contributed by atoms with van der Waals surface area (Å²) in [6.45, 7) is 5.07. The number of carbonyl (C=O) groups excluding carboxylic acids is 1. The summed E-state index contributed by atoms with van der Waals surface area (Å²) in [7, 11) is 0. The van der Waals surface area contributed by atoms with E-state index in [1.165, 1.54) is 5.56 Å². The molecule has 2 saturated heterocycles. The monoisotopic (exact) mass is 355 g/mol. The van der Waals surface area contributed by atoms with Gasteiger partial charge in [-0.15, -0.1) is 0 Å². The van der Waals surface area contributed by atoms with Crippen LogP contribution in [0.5, 0.6) is 0 Å². The van der Waals surface area contributed by atoms with Crippen molar-refractivity contribution in [1.29, 1.82) is 0 Å². The molecule has 4 rings (SSSR count). The molecule has 0 aliphatic carbocycles. The van der Waals surface area contributed by atoms with Crippen LogP contribution in [0.25, 0.3) is 0 Å². The number of pyridine rings is 1. The van der Waals surface area contributed by atoms with Crippen LogP contribution in [0, 0.1) is 0 Å². The molecule has 2 aliphatic rings. The zero-order chi connectivity index (χ0) is 17.8. The summed E-state index contributed by atoms with van der Waals surface area (Å²) < 4.78 is 7.55. The van der Waals surface area contributed by atoms with Gasteiger partial charge in [-0.05, 0) is 24.5 Å². The van der Waals surface area contributed by atoms with Gasteiger partial charge in [0.2, 0.25) is 0 Å². The summed E-state index contributed by atoms with van der Waals surface area (Å²) in [6, 6.07) is 4.20. The van der Waals surface area contributed by atoms with Crippen molar-refractivity contribution in [2.45, 2.75) is 25.3 Å². The number of carbonyl (C=O) groups is 1. The normalized spacial score (nSPS) is 18.9. The number of nitrogens with zero attached hydrogens (tertiary/aromatic N) is 5. The Labute approximate surface area is 153 Å². The molecule has 0 aromatic carbocycles. The van der Waals surface area contributed by atoms with Gasteiger partial charge >= 0.3 is 6.03 Å². The van der Waals surface area contributed by atoms with E-state index in [2.05, 4.69) is 20.6 Å². The van der Waals surface area contributed by atoms with E-state index in [0.717, 1.165) is 38.3 Å². The molecular weight excluding hydrogens is 330 g/mol. The SMILES string of the molecule is O=C(N1CCOCC1)N1CCC(c2nccn2Cc2cccnc2)CC1. The molecule has 26 heavy (non-hydrogen) atoms. The van der Waals surface area contributed by atoms with Crippen molar-refractivity contribution >= 4 is 6.03 Å². The fourth-order valence-electron chi connectivity index (χ4n) is 3.79. The highest BCUT2D eigenvalue weighted by atomic mass is 16.5. The minimum Gasteiger partial charge on any atom is -0.378 e. The average Bonchev–Trinajstić information content (AvgIpc) is 3.17. The third kappa shape index (κ3) is 3.72.